The fourth-order valence-electron chi connectivity index (χ4n) is 4.13. The number of nitrogens with one attached hydrogen (secondary N) is 1. The van der Waals surface area contributed by atoms with Crippen molar-refractivity contribution in [2.24, 2.45) is 0 Å². The molecule has 4 rings (SSSR count). The fraction of sp³-hybridized carbons (Fsp3) is 0.333. The van der Waals surface area contributed by atoms with Gasteiger partial charge < -0.3 is 15.3 Å². The molecular weight excluding hydrogens is 449 g/mol. The van der Waals surface area contributed by atoms with Crippen LogP contribution in [0.4, 0.5) is 24.5 Å². The van der Waals surface area contributed by atoms with Gasteiger partial charge in [0.25, 0.3) is 11.8 Å². The van der Waals surface area contributed by atoms with Crippen LogP contribution in [0.5, 0.6) is 0 Å². The molecule has 34 heavy (non-hydrogen) atoms. The van der Waals surface area contributed by atoms with Gasteiger partial charge in [-0.1, -0.05) is 30.3 Å². The highest BCUT2D eigenvalue weighted by molar-refractivity contribution is 6.17. The molecule has 2 N–H and O–H groups in total. The van der Waals surface area contributed by atoms with Gasteiger partial charge in [0.2, 0.25) is 0 Å². The number of amides is 2. The Balaban J connectivity index is 1.47. The van der Waals surface area contributed by atoms with Gasteiger partial charge >= 0.3 is 6.18 Å². The molecule has 7 nitrogen and oxygen atoms in total. The maximum absolute atomic E-state index is 13.9. The molecule has 0 unspecified atom stereocenters. The third kappa shape index (κ3) is 5.23. The average molecular weight is 474 g/mol. The zero-order valence-electron chi connectivity index (χ0n) is 18.4. The summed E-state index contributed by atoms with van der Waals surface area (Å²) in [5.74, 6) is -1.45. The summed E-state index contributed by atoms with van der Waals surface area (Å²) in [6.45, 7) is 2.76. The van der Waals surface area contributed by atoms with E-state index in [1.54, 1.807) is 6.07 Å². The van der Waals surface area contributed by atoms with Crippen LogP contribution in [-0.4, -0.2) is 66.1 Å². The maximum Gasteiger partial charge on any atom is 0.418 e. The monoisotopic (exact) mass is 474 g/mol. The molecular formula is C24H25F3N4O3. The molecule has 1 saturated heterocycles. The highest BCUT2D eigenvalue weighted by Crippen LogP contribution is 2.38. The molecule has 2 aliphatic rings. The first kappa shape index (κ1) is 23.8. The van der Waals surface area contributed by atoms with E-state index in [1.165, 1.54) is 11.6 Å². The smallest absolute Gasteiger partial charge is 0.395 e. The van der Waals surface area contributed by atoms with Crippen LogP contribution in [0.2, 0.25) is 0 Å². The number of alkyl halides is 3. The minimum Gasteiger partial charge on any atom is -0.395 e. The summed E-state index contributed by atoms with van der Waals surface area (Å²) in [6.07, 6.45) is -3.72. The standard InChI is InChI=1S/C24H25F3N4O3/c25-24(26,27)19-14-18(30-10-8-29(9-11-30)16-17-4-2-1-3-5-17)6-7-20(19)28-21-15-22(33)31(12-13-32)23(21)34/h1-7,14-15,28,32H,8-13,16H2. The van der Waals surface area contributed by atoms with Crippen molar-refractivity contribution in [1.29, 1.82) is 0 Å². The van der Waals surface area contributed by atoms with Crippen LogP contribution in [0, 0.1) is 0 Å². The summed E-state index contributed by atoms with van der Waals surface area (Å²) < 4.78 is 41.6. The van der Waals surface area contributed by atoms with Gasteiger partial charge in [0.1, 0.15) is 5.70 Å². The van der Waals surface area contributed by atoms with E-state index in [0.717, 1.165) is 36.7 Å². The number of aliphatic hydroxyl groups is 1. The number of piperazine rings is 1. The largest absolute Gasteiger partial charge is 0.418 e. The second-order valence-electron chi connectivity index (χ2n) is 8.18. The van der Waals surface area contributed by atoms with Gasteiger partial charge in [-0.05, 0) is 23.8 Å². The maximum atomic E-state index is 13.9. The number of carbonyl (C=O) groups is 2. The van der Waals surface area contributed by atoms with Gasteiger partial charge in [-0.25, -0.2) is 0 Å². The Morgan fingerprint density at radius 3 is 2.32 bits per heavy atom. The second-order valence-corrected chi connectivity index (χ2v) is 8.18. The van der Waals surface area contributed by atoms with Gasteiger partial charge in [-0.15, -0.1) is 0 Å². The quantitative estimate of drug-likeness (QED) is 0.601. The number of anilines is 2. The van der Waals surface area contributed by atoms with Crippen molar-refractivity contribution in [2.45, 2.75) is 12.7 Å². The van der Waals surface area contributed by atoms with Crippen molar-refractivity contribution in [3.05, 3.63) is 71.4 Å². The number of nitrogens with zero attached hydrogens (tertiary/aromatic N) is 3. The van der Waals surface area contributed by atoms with Crippen LogP contribution in [0.15, 0.2) is 60.3 Å². The van der Waals surface area contributed by atoms with Crippen LogP contribution in [0.1, 0.15) is 11.1 Å². The molecule has 2 amide bonds. The zero-order chi connectivity index (χ0) is 24.3. The Labute approximate surface area is 195 Å². The Hall–Kier alpha value is -3.37. The number of hydrogen-bond donors (Lipinski definition) is 2. The molecule has 2 aromatic rings. The van der Waals surface area contributed by atoms with Crippen molar-refractivity contribution < 1.29 is 27.9 Å². The number of benzene rings is 2. The van der Waals surface area contributed by atoms with Crippen molar-refractivity contribution in [2.75, 3.05) is 49.5 Å². The van der Waals surface area contributed by atoms with Crippen molar-refractivity contribution in [3.63, 3.8) is 0 Å². The van der Waals surface area contributed by atoms with E-state index >= 15 is 0 Å². The van der Waals surface area contributed by atoms with Gasteiger partial charge in [0, 0.05) is 44.5 Å². The van der Waals surface area contributed by atoms with E-state index in [0.29, 0.717) is 18.8 Å². The minimum absolute atomic E-state index is 0.222. The highest BCUT2D eigenvalue weighted by atomic mass is 19.4. The SMILES string of the molecule is O=C1C=C(Nc2ccc(N3CCN(Cc4ccccc4)CC3)cc2C(F)(F)F)C(=O)N1CCO. The summed E-state index contributed by atoms with van der Waals surface area (Å²) in [7, 11) is 0. The molecule has 0 spiro atoms. The average Bonchev–Trinajstić information content (AvgIpc) is 3.07. The highest BCUT2D eigenvalue weighted by Gasteiger charge is 2.37. The predicted molar refractivity (Wildman–Crippen MR) is 121 cm³/mol. The van der Waals surface area contributed by atoms with Crippen LogP contribution >= 0.6 is 0 Å². The van der Waals surface area contributed by atoms with Crippen molar-refractivity contribution in [1.82, 2.24) is 9.80 Å². The summed E-state index contributed by atoms with van der Waals surface area (Å²) in [6, 6.07) is 14.0. The summed E-state index contributed by atoms with van der Waals surface area (Å²) in [5, 5.41) is 11.5. The fourth-order valence-corrected chi connectivity index (χ4v) is 4.13. The van der Waals surface area contributed by atoms with Crippen molar-refractivity contribution in [3.8, 4) is 0 Å². The lowest BCUT2D eigenvalue weighted by Gasteiger charge is -2.36. The topological polar surface area (TPSA) is 76.1 Å². The van der Waals surface area contributed by atoms with Gasteiger partial charge in [-0.2, -0.15) is 13.2 Å². The van der Waals surface area contributed by atoms with Crippen LogP contribution in [0.25, 0.3) is 0 Å². The van der Waals surface area contributed by atoms with Crippen LogP contribution in [-0.2, 0) is 22.3 Å². The Kier molecular flexibility index (Phi) is 6.90. The summed E-state index contributed by atoms with van der Waals surface area (Å²) in [4.78, 5) is 29.2. The van der Waals surface area contributed by atoms with E-state index in [2.05, 4.69) is 22.3 Å². The molecule has 2 heterocycles. The molecule has 2 aromatic carbocycles. The summed E-state index contributed by atoms with van der Waals surface area (Å²) in [5.41, 5.74) is 0.154. The molecule has 1 fully saturated rings. The van der Waals surface area contributed by atoms with Gasteiger partial charge in [0.05, 0.1) is 24.4 Å². The molecule has 0 bridgehead atoms. The van der Waals surface area contributed by atoms with E-state index in [4.69, 9.17) is 5.11 Å². The number of aliphatic hydroxyl groups excluding tert-OH is 1. The molecule has 10 heteroatoms. The number of hydrogen-bond acceptors (Lipinski definition) is 6. The van der Waals surface area contributed by atoms with Crippen LogP contribution < -0.4 is 10.2 Å². The lowest BCUT2D eigenvalue weighted by molar-refractivity contribution is -0.138. The molecule has 0 saturated carbocycles. The third-order valence-electron chi connectivity index (χ3n) is 5.90. The van der Waals surface area contributed by atoms with E-state index < -0.39 is 30.2 Å². The lowest BCUT2D eigenvalue weighted by atomic mass is 10.1. The molecule has 0 aromatic heterocycles. The summed E-state index contributed by atoms with van der Waals surface area (Å²) >= 11 is 0. The first-order valence-corrected chi connectivity index (χ1v) is 10.9. The first-order valence-electron chi connectivity index (χ1n) is 10.9. The number of β-amino-alcohol motifs (C(OH)–C–C–N with tert-alkyl or cyclic N) is 1. The number of halogens is 3. The van der Waals surface area contributed by atoms with Gasteiger partial charge in [-0.3, -0.25) is 19.4 Å². The molecule has 0 radical (unpaired) electrons. The van der Waals surface area contributed by atoms with E-state index in [1.807, 2.05) is 23.1 Å². The van der Waals surface area contributed by atoms with Crippen LogP contribution in [0.3, 0.4) is 0 Å². The first-order chi connectivity index (χ1) is 16.3. The van der Waals surface area contributed by atoms with Crippen molar-refractivity contribution >= 4 is 23.2 Å². The second kappa shape index (κ2) is 9.86. The molecule has 0 atom stereocenters. The molecule has 0 aliphatic carbocycles. The van der Waals surface area contributed by atoms with E-state index in [9.17, 15) is 22.8 Å². The predicted octanol–water partition coefficient (Wildman–Crippen LogP) is 2.68. The van der Waals surface area contributed by atoms with E-state index in [-0.39, 0.29) is 17.9 Å². The molecule has 2 aliphatic heterocycles. The number of imide groups is 1. The Bertz CT molecular complexity index is 1080. The molecule has 180 valence electrons. The normalized spacial score (nSPS) is 17.4. The number of carbonyl (C=O) groups excluding carboxylic acids is 2. The Morgan fingerprint density at radius 2 is 1.68 bits per heavy atom. The zero-order valence-corrected chi connectivity index (χ0v) is 18.4. The lowest BCUT2D eigenvalue weighted by Crippen LogP contribution is -2.46. The minimum atomic E-state index is -4.66. The number of rotatable bonds is 7. The van der Waals surface area contributed by atoms with Gasteiger partial charge in [0.15, 0.2) is 0 Å². The third-order valence-corrected chi connectivity index (χ3v) is 5.90. The Morgan fingerprint density at radius 1 is 0.971 bits per heavy atom.